The number of hydrogen-bond donors (Lipinski definition) is 6. The van der Waals surface area contributed by atoms with Gasteiger partial charge in [0.15, 0.2) is 6.29 Å². The lowest BCUT2D eigenvalue weighted by molar-refractivity contribution is -0.302. The van der Waals surface area contributed by atoms with E-state index in [0.717, 1.165) is 38.5 Å². The van der Waals surface area contributed by atoms with Gasteiger partial charge >= 0.3 is 0 Å². The van der Waals surface area contributed by atoms with Crippen molar-refractivity contribution in [2.75, 3.05) is 13.2 Å². The summed E-state index contributed by atoms with van der Waals surface area (Å²) in [5.74, 6) is -0.144. The second-order valence-corrected chi connectivity index (χ2v) is 20.4. The average molecular weight is 939 g/mol. The molecule has 1 amide bonds. The third kappa shape index (κ3) is 36.9. The largest absolute Gasteiger partial charge is 0.394 e. The minimum Gasteiger partial charge on any atom is -0.394 e. The van der Waals surface area contributed by atoms with E-state index in [1.807, 2.05) is 0 Å². The second kappa shape index (κ2) is 47.6. The fourth-order valence-corrected chi connectivity index (χ4v) is 9.51. The van der Waals surface area contributed by atoms with Crippen LogP contribution in [0.25, 0.3) is 0 Å². The van der Waals surface area contributed by atoms with E-state index in [-0.39, 0.29) is 12.5 Å². The second-order valence-electron chi connectivity index (χ2n) is 20.4. The molecular formula is C57H111NO8. The molecule has 7 unspecified atom stereocenters. The number of nitrogens with one attached hydrogen (secondary N) is 1. The van der Waals surface area contributed by atoms with Gasteiger partial charge in [0.1, 0.15) is 24.4 Å². The van der Waals surface area contributed by atoms with Crippen LogP contribution in [0, 0.1) is 0 Å². The van der Waals surface area contributed by atoms with Crippen LogP contribution in [-0.2, 0) is 14.3 Å². The number of unbranched alkanes of at least 4 members (excludes halogenated alkanes) is 38. The van der Waals surface area contributed by atoms with Crippen LogP contribution in [0.4, 0.5) is 0 Å². The normalized spacial score (nSPS) is 19.8. The Labute approximate surface area is 407 Å². The Balaban J connectivity index is 2.18. The Bertz CT molecular complexity index is 1040. The SMILES string of the molecule is CCCCCCCC/C=C\CCCCCCCCCC(=O)NC(COC1OC(CO)C(O)C(O)C1O)C(O)CCCCCCCCCCCCCCCCCCCCCCCCCCCC. The van der Waals surface area contributed by atoms with E-state index in [1.54, 1.807) is 0 Å². The van der Waals surface area contributed by atoms with Crippen LogP contribution in [-0.4, -0.2) is 87.5 Å². The first-order chi connectivity index (χ1) is 32.3. The number of carbonyl (C=O) groups excluding carboxylic acids is 1. The average Bonchev–Trinajstić information content (AvgIpc) is 3.32. The predicted molar refractivity (Wildman–Crippen MR) is 277 cm³/mol. The summed E-state index contributed by atoms with van der Waals surface area (Å²) < 4.78 is 11.3. The summed E-state index contributed by atoms with van der Waals surface area (Å²) in [7, 11) is 0. The van der Waals surface area contributed by atoms with E-state index in [1.165, 1.54) is 225 Å². The predicted octanol–water partition coefficient (Wildman–Crippen LogP) is 14.0. The summed E-state index contributed by atoms with van der Waals surface area (Å²) >= 11 is 0. The smallest absolute Gasteiger partial charge is 0.220 e. The summed E-state index contributed by atoms with van der Waals surface area (Å²) in [4.78, 5) is 13.0. The Hall–Kier alpha value is -1.07. The molecule has 9 heteroatoms. The van der Waals surface area contributed by atoms with Crippen LogP contribution >= 0.6 is 0 Å². The highest BCUT2D eigenvalue weighted by Gasteiger charge is 2.44. The highest BCUT2D eigenvalue weighted by atomic mass is 16.7. The van der Waals surface area contributed by atoms with E-state index < -0.39 is 49.5 Å². The molecule has 1 heterocycles. The number of rotatable bonds is 50. The van der Waals surface area contributed by atoms with Crippen LogP contribution in [0.15, 0.2) is 12.2 Å². The van der Waals surface area contributed by atoms with Gasteiger partial charge < -0.3 is 40.3 Å². The first-order valence-electron chi connectivity index (χ1n) is 28.9. The summed E-state index contributed by atoms with van der Waals surface area (Å²) in [6, 6.07) is -0.719. The summed E-state index contributed by atoms with van der Waals surface area (Å²) in [5.41, 5.74) is 0. The molecular weight excluding hydrogens is 827 g/mol. The van der Waals surface area contributed by atoms with Crippen molar-refractivity contribution in [3.63, 3.8) is 0 Å². The van der Waals surface area contributed by atoms with Crippen molar-refractivity contribution in [1.82, 2.24) is 5.32 Å². The van der Waals surface area contributed by atoms with Crippen molar-refractivity contribution in [3.8, 4) is 0 Å². The Morgan fingerprint density at radius 2 is 0.848 bits per heavy atom. The molecule has 0 aromatic carbocycles. The molecule has 1 fully saturated rings. The monoisotopic (exact) mass is 938 g/mol. The van der Waals surface area contributed by atoms with Crippen LogP contribution in [0.3, 0.4) is 0 Å². The quantitative estimate of drug-likeness (QED) is 0.0261. The van der Waals surface area contributed by atoms with Crippen molar-refractivity contribution in [2.45, 2.75) is 333 Å². The highest BCUT2D eigenvalue weighted by molar-refractivity contribution is 5.76. The van der Waals surface area contributed by atoms with E-state index in [4.69, 9.17) is 9.47 Å². The number of aliphatic hydroxyl groups is 5. The minimum atomic E-state index is -1.55. The van der Waals surface area contributed by atoms with Crippen molar-refractivity contribution < 1.29 is 39.8 Å². The first kappa shape index (κ1) is 62.9. The maximum absolute atomic E-state index is 13.0. The van der Waals surface area contributed by atoms with Crippen LogP contribution in [0.1, 0.15) is 290 Å². The molecule has 392 valence electrons. The fourth-order valence-electron chi connectivity index (χ4n) is 9.51. The van der Waals surface area contributed by atoms with Crippen molar-refractivity contribution in [2.24, 2.45) is 0 Å². The molecule has 1 aliphatic rings. The number of aliphatic hydroxyl groups excluding tert-OH is 5. The van der Waals surface area contributed by atoms with Crippen LogP contribution in [0.2, 0.25) is 0 Å². The molecule has 1 rings (SSSR count). The molecule has 1 saturated heterocycles. The maximum atomic E-state index is 13.0. The zero-order chi connectivity index (χ0) is 48.0. The highest BCUT2D eigenvalue weighted by Crippen LogP contribution is 2.23. The molecule has 0 saturated carbocycles. The van der Waals surface area contributed by atoms with Gasteiger partial charge in [0.2, 0.25) is 5.91 Å². The van der Waals surface area contributed by atoms with E-state index in [9.17, 15) is 30.3 Å². The molecule has 0 radical (unpaired) electrons. The Morgan fingerprint density at radius 1 is 0.500 bits per heavy atom. The third-order valence-electron chi connectivity index (χ3n) is 14.1. The van der Waals surface area contributed by atoms with Gasteiger partial charge in [-0.2, -0.15) is 0 Å². The van der Waals surface area contributed by atoms with E-state index in [2.05, 4.69) is 31.3 Å². The van der Waals surface area contributed by atoms with Gasteiger partial charge in [0.25, 0.3) is 0 Å². The molecule has 0 spiro atoms. The Morgan fingerprint density at radius 3 is 1.23 bits per heavy atom. The van der Waals surface area contributed by atoms with Gasteiger partial charge in [-0.05, 0) is 38.5 Å². The van der Waals surface area contributed by atoms with E-state index in [0.29, 0.717) is 12.8 Å². The van der Waals surface area contributed by atoms with Gasteiger partial charge in [-0.3, -0.25) is 4.79 Å². The lowest BCUT2D eigenvalue weighted by atomic mass is 9.99. The van der Waals surface area contributed by atoms with Gasteiger partial charge in [0, 0.05) is 6.42 Å². The zero-order valence-corrected chi connectivity index (χ0v) is 43.5. The molecule has 0 aromatic rings. The number of ether oxygens (including phenoxy) is 2. The van der Waals surface area contributed by atoms with Gasteiger partial charge in [-0.1, -0.05) is 257 Å². The van der Waals surface area contributed by atoms with Gasteiger partial charge in [-0.15, -0.1) is 0 Å². The Kier molecular flexibility index (Phi) is 45.4. The van der Waals surface area contributed by atoms with Crippen LogP contribution < -0.4 is 5.32 Å². The number of amides is 1. The minimum absolute atomic E-state index is 0.136. The van der Waals surface area contributed by atoms with Gasteiger partial charge in [-0.25, -0.2) is 0 Å². The van der Waals surface area contributed by atoms with Crippen molar-refractivity contribution >= 4 is 5.91 Å². The molecule has 9 nitrogen and oxygen atoms in total. The number of allylic oxidation sites excluding steroid dienone is 2. The van der Waals surface area contributed by atoms with Crippen molar-refractivity contribution in [1.29, 1.82) is 0 Å². The third-order valence-corrected chi connectivity index (χ3v) is 14.1. The molecule has 1 aliphatic heterocycles. The van der Waals surface area contributed by atoms with Crippen LogP contribution in [0.5, 0.6) is 0 Å². The first-order valence-corrected chi connectivity index (χ1v) is 28.9. The topological polar surface area (TPSA) is 149 Å². The molecule has 7 atom stereocenters. The maximum Gasteiger partial charge on any atom is 0.220 e. The van der Waals surface area contributed by atoms with E-state index >= 15 is 0 Å². The standard InChI is InChI=1S/C57H111NO8/c1-3-5-7-9-11-13-15-17-19-21-22-23-24-25-26-27-28-29-31-32-34-36-38-40-42-44-46-51(60)50(49-65-57-56(64)55(63)54(62)52(48-59)66-57)58-53(61)47-45-43-41-39-37-35-33-30-20-18-16-14-12-10-8-6-4-2/h18,20,50-52,54-57,59-60,62-64H,3-17,19,21-49H2,1-2H3,(H,58,61)/b20-18-. The molecule has 0 aromatic heterocycles. The zero-order valence-electron chi connectivity index (χ0n) is 43.5. The summed E-state index contributed by atoms with van der Waals surface area (Å²) in [5, 5.41) is 54.7. The lowest BCUT2D eigenvalue weighted by Crippen LogP contribution is -2.60. The fraction of sp³-hybridized carbons (Fsp3) is 0.947. The van der Waals surface area contributed by atoms with Crippen molar-refractivity contribution in [3.05, 3.63) is 12.2 Å². The molecule has 0 bridgehead atoms. The van der Waals surface area contributed by atoms with Gasteiger partial charge in [0.05, 0.1) is 25.4 Å². The molecule has 6 N–H and O–H groups in total. The molecule has 66 heavy (non-hydrogen) atoms. The summed E-state index contributed by atoms with van der Waals surface area (Å²) in [6.07, 6.45) is 51.0. The lowest BCUT2D eigenvalue weighted by Gasteiger charge is -2.40. The number of hydrogen-bond acceptors (Lipinski definition) is 8. The summed E-state index contributed by atoms with van der Waals surface area (Å²) in [6.45, 7) is 3.87. The molecule has 0 aliphatic carbocycles. The number of carbonyl (C=O) groups is 1.